The number of esters is 1. The van der Waals surface area contributed by atoms with Crippen LogP contribution in [0.3, 0.4) is 0 Å². The van der Waals surface area contributed by atoms with Crippen molar-refractivity contribution in [2.24, 2.45) is 5.10 Å². The second-order valence-corrected chi connectivity index (χ2v) is 5.41. The predicted octanol–water partition coefficient (Wildman–Crippen LogP) is 2.60. The average Bonchev–Trinajstić information content (AvgIpc) is 2.81. The molecule has 122 valence electrons. The van der Waals surface area contributed by atoms with Crippen LogP contribution in [0, 0.1) is 13.8 Å². The van der Waals surface area contributed by atoms with Gasteiger partial charge in [-0.15, -0.1) is 0 Å². The van der Waals surface area contributed by atoms with Crippen molar-refractivity contribution in [3.05, 3.63) is 35.1 Å². The van der Waals surface area contributed by atoms with Crippen LogP contribution in [-0.2, 0) is 20.7 Å². The van der Waals surface area contributed by atoms with Gasteiger partial charge in [0.15, 0.2) is 0 Å². The standard InChI is InChI=1S/C17H20N2O4/c1-10-6-7-15-14(8-10)13(12(3)23-15)9-16(20)19(4)18-11(2)17(21)22-5/h6-8H,9H2,1-5H3/b18-11+. The van der Waals surface area contributed by atoms with Gasteiger partial charge in [0.1, 0.15) is 17.1 Å². The lowest BCUT2D eigenvalue weighted by molar-refractivity contribution is -0.132. The minimum Gasteiger partial charge on any atom is -0.464 e. The summed E-state index contributed by atoms with van der Waals surface area (Å²) in [4.78, 5) is 23.7. The number of furan rings is 1. The fourth-order valence-corrected chi connectivity index (χ4v) is 2.34. The Morgan fingerprint density at radius 2 is 2.00 bits per heavy atom. The van der Waals surface area contributed by atoms with Gasteiger partial charge in [-0.25, -0.2) is 9.80 Å². The summed E-state index contributed by atoms with van der Waals surface area (Å²) in [6.07, 6.45) is 0.150. The third kappa shape index (κ3) is 3.59. The van der Waals surface area contributed by atoms with Gasteiger partial charge in [0.2, 0.25) is 5.91 Å². The monoisotopic (exact) mass is 316 g/mol. The topological polar surface area (TPSA) is 72.1 Å². The van der Waals surface area contributed by atoms with E-state index in [0.29, 0.717) is 5.76 Å². The van der Waals surface area contributed by atoms with Gasteiger partial charge in [0.25, 0.3) is 0 Å². The highest BCUT2D eigenvalue weighted by Crippen LogP contribution is 2.27. The Hall–Kier alpha value is -2.63. The molecule has 0 N–H and O–H groups in total. The van der Waals surface area contributed by atoms with Crippen LogP contribution in [0.5, 0.6) is 0 Å². The first-order valence-corrected chi connectivity index (χ1v) is 7.22. The van der Waals surface area contributed by atoms with Crippen molar-refractivity contribution in [3.8, 4) is 0 Å². The lowest BCUT2D eigenvalue weighted by Crippen LogP contribution is -2.26. The number of amides is 1. The molecule has 1 aromatic heterocycles. The summed E-state index contributed by atoms with van der Waals surface area (Å²) >= 11 is 0. The van der Waals surface area contributed by atoms with E-state index in [1.807, 2.05) is 32.0 Å². The number of fused-ring (bicyclic) bond motifs is 1. The fraction of sp³-hybridized carbons (Fsp3) is 0.353. The van der Waals surface area contributed by atoms with Crippen molar-refractivity contribution in [1.29, 1.82) is 0 Å². The molecule has 0 atom stereocenters. The van der Waals surface area contributed by atoms with Gasteiger partial charge >= 0.3 is 5.97 Å². The molecule has 6 heteroatoms. The molecule has 0 radical (unpaired) electrons. The number of ether oxygens (including phenoxy) is 1. The Bertz CT molecular complexity index is 789. The summed E-state index contributed by atoms with van der Waals surface area (Å²) in [6.45, 7) is 5.32. The molecule has 0 fully saturated rings. The number of hydrogen-bond donors (Lipinski definition) is 0. The predicted molar refractivity (Wildman–Crippen MR) is 87.3 cm³/mol. The van der Waals surface area contributed by atoms with Crippen LogP contribution in [-0.4, -0.2) is 36.8 Å². The van der Waals surface area contributed by atoms with E-state index in [2.05, 4.69) is 9.84 Å². The van der Waals surface area contributed by atoms with E-state index in [1.54, 1.807) is 0 Å². The maximum atomic E-state index is 12.4. The maximum absolute atomic E-state index is 12.4. The summed E-state index contributed by atoms with van der Waals surface area (Å²) in [5.41, 5.74) is 2.81. The summed E-state index contributed by atoms with van der Waals surface area (Å²) in [6, 6.07) is 5.86. The van der Waals surface area contributed by atoms with Crippen molar-refractivity contribution in [1.82, 2.24) is 5.01 Å². The van der Waals surface area contributed by atoms with Gasteiger partial charge < -0.3 is 9.15 Å². The molecule has 0 bridgehead atoms. The number of likely N-dealkylation sites (N-methyl/N-ethyl adjacent to an activating group) is 1. The molecule has 2 rings (SSSR count). The van der Waals surface area contributed by atoms with E-state index in [-0.39, 0.29) is 18.0 Å². The molecular formula is C17H20N2O4. The Labute approximate surface area is 134 Å². The number of nitrogens with zero attached hydrogens (tertiary/aromatic N) is 2. The molecule has 0 saturated heterocycles. The van der Waals surface area contributed by atoms with Crippen LogP contribution in [0.15, 0.2) is 27.7 Å². The van der Waals surface area contributed by atoms with Crippen LogP contribution >= 0.6 is 0 Å². The highest BCUT2D eigenvalue weighted by atomic mass is 16.5. The van der Waals surface area contributed by atoms with E-state index in [0.717, 1.165) is 27.1 Å². The van der Waals surface area contributed by atoms with E-state index in [9.17, 15) is 9.59 Å². The van der Waals surface area contributed by atoms with E-state index < -0.39 is 5.97 Å². The van der Waals surface area contributed by atoms with Crippen molar-refractivity contribution >= 4 is 28.6 Å². The molecule has 23 heavy (non-hydrogen) atoms. The Balaban J connectivity index is 2.25. The first-order valence-electron chi connectivity index (χ1n) is 7.22. The number of rotatable bonds is 4. The quantitative estimate of drug-likeness (QED) is 0.494. The van der Waals surface area contributed by atoms with E-state index >= 15 is 0 Å². The van der Waals surface area contributed by atoms with Crippen LogP contribution in [0.25, 0.3) is 11.0 Å². The Kier molecular flexibility index (Phi) is 4.83. The van der Waals surface area contributed by atoms with Gasteiger partial charge in [-0.1, -0.05) is 11.6 Å². The number of hydrazone groups is 1. The molecule has 1 aromatic carbocycles. The molecule has 6 nitrogen and oxygen atoms in total. The smallest absolute Gasteiger partial charge is 0.353 e. The molecule has 1 heterocycles. The van der Waals surface area contributed by atoms with Gasteiger partial charge in [-0.2, -0.15) is 5.10 Å². The molecule has 0 saturated carbocycles. The Morgan fingerprint density at radius 3 is 2.65 bits per heavy atom. The van der Waals surface area contributed by atoms with Gasteiger partial charge in [-0.3, -0.25) is 4.79 Å². The minimum atomic E-state index is -0.565. The van der Waals surface area contributed by atoms with Crippen LogP contribution in [0.4, 0.5) is 0 Å². The van der Waals surface area contributed by atoms with Crippen LogP contribution < -0.4 is 0 Å². The number of carbonyl (C=O) groups is 2. The molecule has 0 aliphatic rings. The number of methoxy groups -OCH3 is 1. The maximum Gasteiger partial charge on any atom is 0.353 e. The van der Waals surface area contributed by atoms with Crippen LogP contribution in [0.1, 0.15) is 23.8 Å². The molecule has 0 aliphatic carbocycles. The zero-order valence-corrected chi connectivity index (χ0v) is 14.0. The minimum absolute atomic E-state index is 0.118. The van der Waals surface area contributed by atoms with Gasteiger partial charge in [-0.05, 0) is 32.9 Å². The largest absolute Gasteiger partial charge is 0.464 e. The number of aryl methyl sites for hydroxylation is 2. The molecule has 0 spiro atoms. The zero-order valence-electron chi connectivity index (χ0n) is 14.0. The lowest BCUT2D eigenvalue weighted by atomic mass is 10.1. The normalized spacial score (nSPS) is 11.6. The molecular weight excluding hydrogens is 296 g/mol. The highest BCUT2D eigenvalue weighted by Gasteiger charge is 2.18. The summed E-state index contributed by atoms with van der Waals surface area (Å²) < 4.78 is 10.3. The molecule has 0 aliphatic heterocycles. The van der Waals surface area contributed by atoms with Gasteiger partial charge in [0.05, 0.1) is 13.5 Å². The van der Waals surface area contributed by atoms with Crippen molar-refractivity contribution < 1.29 is 18.7 Å². The third-order valence-corrected chi connectivity index (χ3v) is 3.62. The van der Waals surface area contributed by atoms with Crippen molar-refractivity contribution in [3.63, 3.8) is 0 Å². The van der Waals surface area contributed by atoms with Crippen molar-refractivity contribution in [2.45, 2.75) is 27.2 Å². The van der Waals surface area contributed by atoms with E-state index in [4.69, 9.17) is 4.42 Å². The second kappa shape index (κ2) is 6.64. The van der Waals surface area contributed by atoms with Crippen LogP contribution in [0.2, 0.25) is 0 Å². The lowest BCUT2D eigenvalue weighted by Gasteiger charge is -2.12. The summed E-state index contributed by atoms with van der Waals surface area (Å²) in [7, 11) is 2.78. The number of hydrogen-bond acceptors (Lipinski definition) is 5. The zero-order chi connectivity index (χ0) is 17.1. The molecule has 0 unspecified atom stereocenters. The first-order chi connectivity index (χ1) is 10.8. The number of benzene rings is 1. The van der Waals surface area contributed by atoms with Gasteiger partial charge in [0, 0.05) is 18.0 Å². The molecule has 1 amide bonds. The molecule has 2 aromatic rings. The van der Waals surface area contributed by atoms with E-state index in [1.165, 1.54) is 21.1 Å². The second-order valence-electron chi connectivity index (χ2n) is 5.41. The number of carbonyl (C=O) groups excluding carboxylic acids is 2. The highest BCUT2D eigenvalue weighted by molar-refractivity contribution is 6.35. The Morgan fingerprint density at radius 1 is 1.30 bits per heavy atom. The summed E-state index contributed by atoms with van der Waals surface area (Å²) in [5.74, 6) is -0.0909. The fourth-order valence-electron chi connectivity index (χ4n) is 2.34. The average molecular weight is 316 g/mol. The SMILES string of the molecule is COC(=O)/C(C)=N/N(C)C(=O)Cc1c(C)oc2ccc(C)cc12. The summed E-state index contributed by atoms with van der Waals surface area (Å²) in [5, 5.41) is 6.03. The van der Waals surface area contributed by atoms with Crippen molar-refractivity contribution in [2.75, 3.05) is 14.2 Å². The third-order valence-electron chi connectivity index (χ3n) is 3.62. The first kappa shape index (κ1) is 16.7.